The molecule has 7 nitrogen and oxygen atoms in total. The molecule has 3 atom stereocenters. The maximum absolute atomic E-state index is 15.4. The molecule has 1 saturated heterocycles. The minimum Gasteiger partial charge on any atom is -0.390 e. The summed E-state index contributed by atoms with van der Waals surface area (Å²) in [5.41, 5.74) is 4.58. The maximum Gasteiger partial charge on any atom is 0.272 e. The van der Waals surface area contributed by atoms with E-state index in [1.807, 2.05) is 0 Å². The summed E-state index contributed by atoms with van der Waals surface area (Å²) in [4.78, 5) is 16.3. The van der Waals surface area contributed by atoms with E-state index in [2.05, 4.69) is 21.9 Å². The van der Waals surface area contributed by atoms with E-state index in [0.29, 0.717) is 23.6 Å². The quantitative estimate of drug-likeness (QED) is 0.793. The molecule has 1 amide bonds. The van der Waals surface area contributed by atoms with E-state index in [-0.39, 0.29) is 17.8 Å². The number of amides is 1. The van der Waals surface area contributed by atoms with Gasteiger partial charge in [-0.25, -0.2) is 9.07 Å². The summed E-state index contributed by atoms with van der Waals surface area (Å²) in [7, 11) is 3.81. The fourth-order valence-corrected chi connectivity index (χ4v) is 7.26. The highest BCUT2D eigenvalue weighted by molar-refractivity contribution is 5.92. The Kier molecular flexibility index (Phi) is 4.44. The molecule has 1 aromatic heterocycles. The van der Waals surface area contributed by atoms with Crippen molar-refractivity contribution < 1.29 is 14.3 Å². The molecule has 0 spiro atoms. The molecular weight excluding hydrogens is 373 g/mol. The highest BCUT2D eigenvalue weighted by Gasteiger charge is 2.57. The Morgan fingerprint density at radius 3 is 2.52 bits per heavy atom. The molecule has 0 aromatic carbocycles. The molecule has 4 bridgehead atoms. The SMILES string of the molecule is CN1CCC[C@H](N(c2c(F)c(C(N)=O)nn2C)C2C3CC4CC2CC(O)(C4)C3)C1. The third-order valence-corrected chi connectivity index (χ3v) is 7.94. The number of hydrogen-bond acceptors (Lipinski definition) is 5. The number of piperidine rings is 1. The Balaban J connectivity index is 1.58. The lowest BCUT2D eigenvalue weighted by Crippen LogP contribution is -2.65. The smallest absolute Gasteiger partial charge is 0.272 e. The Labute approximate surface area is 171 Å². The lowest BCUT2D eigenvalue weighted by molar-refractivity contribution is -0.135. The van der Waals surface area contributed by atoms with Gasteiger partial charge in [-0.1, -0.05) is 0 Å². The van der Waals surface area contributed by atoms with Gasteiger partial charge < -0.3 is 20.6 Å². The summed E-state index contributed by atoms with van der Waals surface area (Å²) in [6, 6.07) is 0.338. The molecule has 8 heteroatoms. The molecule has 2 heterocycles. The second-order valence-corrected chi connectivity index (χ2v) is 10.1. The number of likely N-dealkylation sites (tertiary alicyclic amines) is 1. The van der Waals surface area contributed by atoms with Gasteiger partial charge in [0, 0.05) is 25.7 Å². The zero-order chi connectivity index (χ0) is 20.5. The number of aryl methyl sites for hydroxylation is 1. The van der Waals surface area contributed by atoms with Crippen molar-refractivity contribution in [2.45, 2.75) is 62.6 Å². The van der Waals surface area contributed by atoms with Crippen LogP contribution in [-0.4, -0.2) is 63.5 Å². The summed E-state index contributed by atoms with van der Waals surface area (Å²) >= 11 is 0. The van der Waals surface area contributed by atoms with Gasteiger partial charge in [0.1, 0.15) is 0 Å². The number of carbonyl (C=O) groups is 1. The third-order valence-electron chi connectivity index (χ3n) is 7.94. The summed E-state index contributed by atoms with van der Waals surface area (Å²) in [6.07, 6.45) is 6.77. The molecule has 0 radical (unpaired) electrons. The molecule has 4 saturated carbocycles. The molecular formula is C21H32FN5O2. The van der Waals surface area contributed by atoms with E-state index in [0.717, 1.165) is 58.0 Å². The van der Waals surface area contributed by atoms with Crippen molar-refractivity contribution in [3.8, 4) is 0 Å². The van der Waals surface area contributed by atoms with Crippen LogP contribution in [0.3, 0.4) is 0 Å². The maximum atomic E-state index is 15.4. The lowest BCUT2D eigenvalue weighted by Gasteiger charge is -2.61. The molecule has 6 rings (SSSR count). The van der Waals surface area contributed by atoms with Crippen LogP contribution >= 0.6 is 0 Å². The Morgan fingerprint density at radius 1 is 1.28 bits per heavy atom. The summed E-state index contributed by atoms with van der Waals surface area (Å²) in [5, 5.41) is 15.2. The van der Waals surface area contributed by atoms with Crippen LogP contribution in [0.5, 0.6) is 0 Å². The second-order valence-electron chi connectivity index (χ2n) is 10.1. The number of aliphatic hydroxyl groups is 1. The van der Waals surface area contributed by atoms with E-state index < -0.39 is 17.3 Å². The highest BCUT2D eigenvalue weighted by Crippen LogP contribution is 2.58. The number of rotatable bonds is 4. The van der Waals surface area contributed by atoms with Gasteiger partial charge in [0.2, 0.25) is 0 Å². The van der Waals surface area contributed by atoms with Crippen molar-refractivity contribution in [3.63, 3.8) is 0 Å². The first-order valence-electron chi connectivity index (χ1n) is 11.0. The van der Waals surface area contributed by atoms with Gasteiger partial charge in [-0.15, -0.1) is 0 Å². The number of aromatic nitrogens is 2. The van der Waals surface area contributed by atoms with Gasteiger partial charge in [0.15, 0.2) is 17.3 Å². The van der Waals surface area contributed by atoms with Crippen LogP contribution in [0.1, 0.15) is 55.4 Å². The zero-order valence-corrected chi connectivity index (χ0v) is 17.4. The van der Waals surface area contributed by atoms with Crippen LogP contribution in [0.4, 0.5) is 10.2 Å². The minimum absolute atomic E-state index is 0.163. The average Bonchev–Trinajstić information content (AvgIpc) is 2.91. The number of nitrogens with two attached hydrogens (primary N) is 1. The van der Waals surface area contributed by atoms with Gasteiger partial charge in [-0.05, 0) is 76.3 Å². The van der Waals surface area contributed by atoms with Crippen molar-refractivity contribution in [2.75, 3.05) is 25.0 Å². The molecule has 2 unspecified atom stereocenters. The van der Waals surface area contributed by atoms with Crippen molar-refractivity contribution in [3.05, 3.63) is 11.5 Å². The first-order chi connectivity index (χ1) is 13.8. The first-order valence-corrected chi connectivity index (χ1v) is 11.0. The van der Waals surface area contributed by atoms with Gasteiger partial charge in [0.25, 0.3) is 5.91 Å². The van der Waals surface area contributed by atoms with Gasteiger partial charge >= 0.3 is 0 Å². The van der Waals surface area contributed by atoms with Gasteiger partial charge in [-0.2, -0.15) is 5.10 Å². The van der Waals surface area contributed by atoms with E-state index in [1.165, 1.54) is 4.68 Å². The molecule has 29 heavy (non-hydrogen) atoms. The van der Waals surface area contributed by atoms with Crippen LogP contribution in [0.25, 0.3) is 0 Å². The van der Waals surface area contributed by atoms with E-state index in [4.69, 9.17) is 5.73 Å². The van der Waals surface area contributed by atoms with Crippen LogP contribution < -0.4 is 10.6 Å². The number of likely N-dealkylation sites (N-methyl/N-ethyl adjacent to an activating group) is 1. The molecule has 4 aliphatic carbocycles. The van der Waals surface area contributed by atoms with Crippen LogP contribution in [-0.2, 0) is 7.05 Å². The molecule has 1 aliphatic heterocycles. The van der Waals surface area contributed by atoms with Crippen LogP contribution in [0.15, 0.2) is 0 Å². The highest BCUT2D eigenvalue weighted by atomic mass is 19.1. The van der Waals surface area contributed by atoms with Gasteiger partial charge in [0.05, 0.1) is 5.60 Å². The Morgan fingerprint density at radius 2 is 1.97 bits per heavy atom. The van der Waals surface area contributed by atoms with Crippen LogP contribution in [0, 0.1) is 23.6 Å². The van der Waals surface area contributed by atoms with E-state index in [9.17, 15) is 9.90 Å². The number of anilines is 1. The number of carbonyl (C=O) groups excluding carboxylic acids is 1. The Bertz CT molecular complexity index is 810. The normalized spacial score (nSPS) is 39.1. The van der Waals surface area contributed by atoms with Crippen molar-refractivity contribution in [2.24, 2.45) is 30.5 Å². The minimum atomic E-state index is -0.829. The Hall–Kier alpha value is -1.67. The molecule has 5 aliphatic rings. The van der Waals surface area contributed by atoms with Gasteiger partial charge in [-0.3, -0.25) is 4.79 Å². The monoisotopic (exact) mass is 405 g/mol. The number of nitrogens with zero attached hydrogens (tertiary/aromatic N) is 4. The first kappa shape index (κ1) is 19.3. The summed E-state index contributed by atoms with van der Waals surface area (Å²) in [6.45, 7) is 1.91. The largest absolute Gasteiger partial charge is 0.390 e. The fourth-order valence-electron chi connectivity index (χ4n) is 7.26. The van der Waals surface area contributed by atoms with Crippen molar-refractivity contribution in [1.82, 2.24) is 14.7 Å². The zero-order valence-electron chi connectivity index (χ0n) is 17.4. The van der Waals surface area contributed by atoms with Crippen molar-refractivity contribution >= 4 is 11.7 Å². The molecule has 5 fully saturated rings. The lowest BCUT2D eigenvalue weighted by atomic mass is 9.52. The molecule has 160 valence electrons. The van der Waals surface area contributed by atoms with E-state index >= 15 is 4.39 Å². The predicted molar refractivity (Wildman–Crippen MR) is 107 cm³/mol. The summed E-state index contributed by atoms with van der Waals surface area (Å²) < 4.78 is 17.0. The number of halogens is 1. The molecule has 3 N–H and O–H groups in total. The predicted octanol–water partition coefficient (Wildman–Crippen LogP) is 1.50. The van der Waals surface area contributed by atoms with Crippen molar-refractivity contribution in [1.29, 1.82) is 0 Å². The average molecular weight is 406 g/mol. The number of hydrogen-bond donors (Lipinski definition) is 2. The third kappa shape index (κ3) is 3.06. The van der Waals surface area contributed by atoms with E-state index in [1.54, 1.807) is 7.05 Å². The fraction of sp³-hybridized carbons (Fsp3) is 0.810. The second kappa shape index (κ2) is 6.67. The van der Waals surface area contributed by atoms with Crippen LogP contribution in [0.2, 0.25) is 0 Å². The summed E-state index contributed by atoms with van der Waals surface area (Å²) in [5.74, 6) is 0.255. The standard InChI is InChI=1S/C21H32FN5O2/c1-25-5-3-4-15(11-25)27(20-16(22)17(19(23)28)24-26(20)2)18-13-6-12-7-14(18)10-21(29,8-12)9-13/h12-15,18,29H,3-11H2,1-2H3,(H2,23,28)/t12?,13?,14?,15-,18?,21?/m0/s1. The topological polar surface area (TPSA) is 87.6 Å². The molecule has 1 aromatic rings. The number of primary amides is 1.